The van der Waals surface area contributed by atoms with E-state index in [1.807, 2.05) is 0 Å². The molecule has 1 aliphatic rings. The number of nitrogens with zero attached hydrogens (tertiary/aromatic N) is 1. The zero-order valence-electron chi connectivity index (χ0n) is 9.33. The van der Waals surface area contributed by atoms with Crippen molar-refractivity contribution in [1.29, 1.82) is 0 Å². The van der Waals surface area contributed by atoms with Crippen LogP contribution in [0.2, 0.25) is 0 Å². The summed E-state index contributed by atoms with van der Waals surface area (Å²) in [7, 11) is 0. The number of rotatable bonds is 2. The summed E-state index contributed by atoms with van der Waals surface area (Å²) < 4.78 is 0. The third-order valence-corrected chi connectivity index (χ3v) is 3.38. The van der Waals surface area contributed by atoms with Gasteiger partial charge in [0.15, 0.2) is 0 Å². The number of benzene rings is 1. The van der Waals surface area contributed by atoms with Crippen molar-refractivity contribution in [3.8, 4) is 0 Å². The predicted octanol–water partition coefficient (Wildman–Crippen LogP) is 3.09. The normalized spacial score (nSPS) is 17.3. The van der Waals surface area contributed by atoms with Crippen molar-refractivity contribution in [3.63, 3.8) is 0 Å². The largest absolute Gasteiger partial charge is 0.368 e. The highest BCUT2D eigenvalue weighted by Gasteiger charge is 2.24. The van der Waals surface area contributed by atoms with Crippen LogP contribution in [0.1, 0.15) is 26.3 Å². The van der Waals surface area contributed by atoms with Gasteiger partial charge in [-0.15, -0.1) is 0 Å². The third-order valence-electron chi connectivity index (χ3n) is 3.38. The minimum absolute atomic E-state index is 0.652. The smallest absolute Gasteiger partial charge is 0.0402 e. The Hall–Kier alpha value is -0.980. The second-order valence-corrected chi connectivity index (χ2v) is 4.56. The van der Waals surface area contributed by atoms with Crippen LogP contribution in [-0.4, -0.2) is 12.6 Å². The first-order valence-corrected chi connectivity index (χ1v) is 5.54. The summed E-state index contributed by atoms with van der Waals surface area (Å²) in [6.45, 7) is 8.11. The molecular weight excluding hydrogens is 170 g/mol. The molecule has 1 aromatic carbocycles. The van der Waals surface area contributed by atoms with Crippen molar-refractivity contribution in [3.05, 3.63) is 29.8 Å². The molecule has 1 aliphatic heterocycles. The lowest BCUT2D eigenvalue weighted by Gasteiger charge is -2.30. The molecule has 0 saturated heterocycles. The molecule has 0 saturated carbocycles. The first-order chi connectivity index (χ1) is 6.70. The van der Waals surface area contributed by atoms with Gasteiger partial charge >= 0.3 is 0 Å². The highest BCUT2D eigenvalue weighted by atomic mass is 15.2. The third kappa shape index (κ3) is 1.52. The van der Waals surface area contributed by atoms with Gasteiger partial charge < -0.3 is 4.90 Å². The van der Waals surface area contributed by atoms with E-state index >= 15 is 0 Å². The van der Waals surface area contributed by atoms with Gasteiger partial charge in [0.1, 0.15) is 0 Å². The predicted molar refractivity (Wildman–Crippen MR) is 61.8 cm³/mol. The molecule has 0 unspecified atom stereocenters. The summed E-state index contributed by atoms with van der Waals surface area (Å²) in [4.78, 5) is 2.54. The summed E-state index contributed by atoms with van der Waals surface area (Å²) in [5.41, 5.74) is 2.97. The van der Waals surface area contributed by atoms with E-state index in [9.17, 15) is 0 Å². The summed E-state index contributed by atoms with van der Waals surface area (Å²) in [5.74, 6) is 0.723. The average Bonchev–Trinajstić information content (AvgIpc) is 2.60. The molecule has 2 rings (SSSR count). The molecule has 0 fully saturated rings. The lowest BCUT2D eigenvalue weighted by atomic mass is 10.0. The lowest BCUT2D eigenvalue weighted by Crippen LogP contribution is -2.35. The maximum absolute atomic E-state index is 2.54. The molecule has 0 amide bonds. The van der Waals surface area contributed by atoms with Gasteiger partial charge in [-0.2, -0.15) is 0 Å². The summed E-state index contributed by atoms with van der Waals surface area (Å²) in [6, 6.07) is 9.44. The zero-order chi connectivity index (χ0) is 10.1. The van der Waals surface area contributed by atoms with Gasteiger partial charge in [0.05, 0.1) is 0 Å². The lowest BCUT2D eigenvalue weighted by molar-refractivity contribution is 0.493. The van der Waals surface area contributed by atoms with Crippen molar-refractivity contribution >= 4 is 5.69 Å². The first-order valence-electron chi connectivity index (χ1n) is 5.54. The Morgan fingerprint density at radius 2 is 1.86 bits per heavy atom. The highest BCUT2D eigenvalue weighted by Crippen LogP contribution is 2.30. The molecule has 0 aliphatic carbocycles. The average molecular weight is 189 g/mol. The van der Waals surface area contributed by atoms with E-state index in [-0.39, 0.29) is 0 Å². The Labute approximate surface area is 86.7 Å². The van der Waals surface area contributed by atoms with Crippen molar-refractivity contribution in [1.82, 2.24) is 0 Å². The van der Waals surface area contributed by atoms with Crippen molar-refractivity contribution < 1.29 is 0 Å². The highest BCUT2D eigenvalue weighted by molar-refractivity contribution is 5.58. The van der Waals surface area contributed by atoms with Crippen LogP contribution >= 0.6 is 0 Å². The maximum Gasteiger partial charge on any atom is 0.0402 e. The van der Waals surface area contributed by atoms with Crippen molar-refractivity contribution in [2.75, 3.05) is 11.4 Å². The molecule has 1 aromatic rings. The standard InChI is InChI=1S/C13H19N/c1-10(2)11(3)14-9-8-12-6-4-5-7-13(12)14/h4-7,10-11H,8-9H2,1-3H3/t11-/m1/s1. The Morgan fingerprint density at radius 1 is 1.14 bits per heavy atom. The first kappa shape index (κ1) is 9.57. The van der Waals surface area contributed by atoms with Crippen LogP contribution in [0.4, 0.5) is 5.69 Å². The van der Waals surface area contributed by atoms with Gasteiger partial charge in [-0.05, 0) is 30.9 Å². The Balaban J connectivity index is 2.26. The fourth-order valence-corrected chi connectivity index (χ4v) is 2.15. The van der Waals surface area contributed by atoms with Crippen LogP contribution in [0.15, 0.2) is 24.3 Å². The number of fused-ring (bicyclic) bond motifs is 1. The van der Waals surface area contributed by atoms with Crippen LogP contribution in [0.25, 0.3) is 0 Å². The Bertz CT molecular complexity index is 317. The molecule has 14 heavy (non-hydrogen) atoms. The fourth-order valence-electron chi connectivity index (χ4n) is 2.15. The summed E-state index contributed by atoms with van der Waals surface area (Å²) in [5, 5.41) is 0. The van der Waals surface area contributed by atoms with Gasteiger partial charge in [0.25, 0.3) is 0 Å². The summed E-state index contributed by atoms with van der Waals surface area (Å²) >= 11 is 0. The Kier molecular flexibility index (Phi) is 2.49. The van der Waals surface area contributed by atoms with Gasteiger partial charge in [-0.25, -0.2) is 0 Å². The van der Waals surface area contributed by atoms with E-state index in [0.717, 1.165) is 5.92 Å². The monoisotopic (exact) mass is 189 g/mol. The minimum atomic E-state index is 0.652. The molecule has 1 atom stereocenters. The molecule has 1 heteroatoms. The van der Waals surface area contributed by atoms with E-state index in [0.29, 0.717) is 6.04 Å². The SMILES string of the molecule is CC(C)[C@@H](C)N1CCc2ccccc21. The number of anilines is 1. The molecule has 76 valence electrons. The second kappa shape index (κ2) is 3.64. The van der Waals surface area contributed by atoms with E-state index in [2.05, 4.69) is 49.9 Å². The maximum atomic E-state index is 2.54. The second-order valence-electron chi connectivity index (χ2n) is 4.56. The van der Waals surface area contributed by atoms with Crippen LogP contribution in [0.3, 0.4) is 0 Å². The van der Waals surface area contributed by atoms with Gasteiger partial charge in [0, 0.05) is 18.3 Å². The van der Waals surface area contributed by atoms with E-state index in [1.54, 1.807) is 0 Å². The van der Waals surface area contributed by atoms with E-state index in [4.69, 9.17) is 0 Å². The van der Waals surface area contributed by atoms with Crippen LogP contribution < -0.4 is 4.90 Å². The molecule has 0 bridgehead atoms. The topological polar surface area (TPSA) is 3.24 Å². The number of hydrogen-bond donors (Lipinski definition) is 0. The molecule has 0 aromatic heterocycles. The molecule has 1 nitrogen and oxygen atoms in total. The zero-order valence-corrected chi connectivity index (χ0v) is 9.33. The quantitative estimate of drug-likeness (QED) is 0.691. The molecule has 0 spiro atoms. The molecule has 0 radical (unpaired) electrons. The van der Waals surface area contributed by atoms with Crippen molar-refractivity contribution in [2.24, 2.45) is 5.92 Å². The van der Waals surface area contributed by atoms with Crippen molar-refractivity contribution in [2.45, 2.75) is 33.2 Å². The van der Waals surface area contributed by atoms with Gasteiger partial charge in [0.2, 0.25) is 0 Å². The van der Waals surface area contributed by atoms with E-state index < -0.39 is 0 Å². The molecule has 0 N–H and O–H groups in total. The number of para-hydroxylation sites is 1. The van der Waals surface area contributed by atoms with Crippen LogP contribution in [0, 0.1) is 5.92 Å². The molecule has 1 heterocycles. The number of hydrogen-bond acceptors (Lipinski definition) is 1. The van der Waals surface area contributed by atoms with Gasteiger partial charge in [-0.1, -0.05) is 32.0 Å². The minimum Gasteiger partial charge on any atom is -0.368 e. The fraction of sp³-hybridized carbons (Fsp3) is 0.538. The summed E-state index contributed by atoms with van der Waals surface area (Å²) in [6.07, 6.45) is 1.22. The van der Waals surface area contributed by atoms with E-state index in [1.165, 1.54) is 24.2 Å². The Morgan fingerprint density at radius 3 is 2.57 bits per heavy atom. The van der Waals surface area contributed by atoms with Crippen LogP contribution in [-0.2, 0) is 6.42 Å². The molecular formula is C13H19N. The van der Waals surface area contributed by atoms with Gasteiger partial charge in [-0.3, -0.25) is 0 Å². The van der Waals surface area contributed by atoms with Crippen LogP contribution in [0.5, 0.6) is 0 Å².